The average Bonchev–Trinajstić information content (AvgIpc) is 3.15. The molecule has 0 spiro atoms. The van der Waals surface area contributed by atoms with Crippen molar-refractivity contribution < 1.29 is 10.2 Å². The number of rotatable bonds is 3. The zero-order valence-electron chi connectivity index (χ0n) is 16.4. The fourth-order valence-electron chi connectivity index (χ4n) is 3.82. The topological polar surface area (TPSA) is 66.1 Å². The number of aromatic nitrogens is 3. The number of imidazole rings is 1. The van der Waals surface area contributed by atoms with Gasteiger partial charge in [0.05, 0.1) is 5.69 Å². The first kappa shape index (κ1) is 18.4. The third kappa shape index (κ3) is 2.64. The van der Waals surface area contributed by atoms with Crippen molar-refractivity contribution in [3.05, 3.63) is 58.1 Å². The number of nitrogens with zero attached hydrogens (tertiary/aromatic N) is 2. The average molecular weight is 394 g/mol. The summed E-state index contributed by atoms with van der Waals surface area (Å²) >= 11 is 5.54. The van der Waals surface area contributed by atoms with Crippen molar-refractivity contribution in [3.8, 4) is 28.4 Å². The number of aryl methyl sites for hydroxylation is 3. The van der Waals surface area contributed by atoms with Crippen LogP contribution in [-0.4, -0.2) is 24.3 Å². The van der Waals surface area contributed by atoms with Crippen molar-refractivity contribution >= 4 is 23.1 Å². The lowest BCUT2D eigenvalue weighted by molar-refractivity contribution is 0.447. The SMILES string of the molecule is CCc1cc(-c2c[nH]c(=S)n2-c2ccc3c(c2)c(C)c(C)n3C)c(O)cc1O. The Morgan fingerprint density at radius 3 is 2.54 bits per heavy atom. The van der Waals surface area contributed by atoms with Gasteiger partial charge in [-0.05, 0) is 67.9 Å². The molecule has 28 heavy (non-hydrogen) atoms. The van der Waals surface area contributed by atoms with Crippen LogP contribution in [-0.2, 0) is 13.5 Å². The number of H-pyrrole nitrogens is 1. The third-order valence-corrected chi connectivity index (χ3v) is 5.98. The first-order valence-electron chi connectivity index (χ1n) is 9.25. The van der Waals surface area contributed by atoms with Gasteiger partial charge >= 0.3 is 0 Å². The lowest BCUT2D eigenvalue weighted by atomic mass is 10.0. The van der Waals surface area contributed by atoms with E-state index in [4.69, 9.17) is 12.2 Å². The Bertz CT molecular complexity index is 1280. The standard InChI is InChI=1S/C22H23N3O2S/c1-5-14-8-17(21(27)10-20(14)26)19-11-23-22(28)25(19)15-6-7-18-16(9-15)12(2)13(3)24(18)4/h6-11,26-27H,5H2,1-4H3,(H,23,28). The van der Waals surface area contributed by atoms with E-state index in [1.807, 2.05) is 23.6 Å². The minimum atomic E-state index is 0.0188. The van der Waals surface area contributed by atoms with Crippen LogP contribution in [0.2, 0.25) is 0 Å². The van der Waals surface area contributed by atoms with Gasteiger partial charge in [0.25, 0.3) is 0 Å². The normalized spacial score (nSPS) is 11.4. The first-order chi connectivity index (χ1) is 13.3. The lowest BCUT2D eigenvalue weighted by Gasteiger charge is -2.13. The number of phenolic OH excluding ortho intramolecular Hbond substituents is 2. The van der Waals surface area contributed by atoms with Gasteiger partial charge in [-0.2, -0.15) is 0 Å². The van der Waals surface area contributed by atoms with Crippen LogP contribution in [0.4, 0.5) is 0 Å². The molecule has 0 amide bonds. The second kappa shape index (κ2) is 6.56. The van der Waals surface area contributed by atoms with Gasteiger partial charge in [-0.3, -0.25) is 4.57 Å². The minimum Gasteiger partial charge on any atom is -0.508 e. The fourth-order valence-corrected chi connectivity index (χ4v) is 4.08. The van der Waals surface area contributed by atoms with Gasteiger partial charge in [0.1, 0.15) is 11.5 Å². The molecule has 2 aromatic heterocycles. The van der Waals surface area contributed by atoms with Crippen molar-refractivity contribution in [3.63, 3.8) is 0 Å². The van der Waals surface area contributed by atoms with Crippen LogP contribution in [0.25, 0.3) is 27.8 Å². The van der Waals surface area contributed by atoms with E-state index in [2.05, 4.69) is 42.6 Å². The molecule has 4 rings (SSSR count). The van der Waals surface area contributed by atoms with Gasteiger partial charge < -0.3 is 19.8 Å². The van der Waals surface area contributed by atoms with E-state index in [0.29, 0.717) is 16.8 Å². The predicted molar refractivity (Wildman–Crippen MR) is 115 cm³/mol. The Kier molecular flexibility index (Phi) is 4.31. The summed E-state index contributed by atoms with van der Waals surface area (Å²) in [4.78, 5) is 3.09. The van der Waals surface area contributed by atoms with E-state index in [1.54, 1.807) is 6.20 Å². The summed E-state index contributed by atoms with van der Waals surface area (Å²) in [5.41, 5.74) is 6.72. The highest BCUT2D eigenvalue weighted by Crippen LogP contribution is 2.37. The number of hydrogen-bond acceptors (Lipinski definition) is 3. The molecule has 3 N–H and O–H groups in total. The summed E-state index contributed by atoms with van der Waals surface area (Å²) in [7, 11) is 2.07. The van der Waals surface area contributed by atoms with Crippen molar-refractivity contribution in [1.82, 2.24) is 14.1 Å². The molecule has 0 aliphatic rings. The zero-order chi connectivity index (χ0) is 20.2. The Morgan fingerprint density at radius 1 is 1.07 bits per heavy atom. The highest BCUT2D eigenvalue weighted by atomic mass is 32.1. The van der Waals surface area contributed by atoms with Crippen molar-refractivity contribution in [1.29, 1.82) is 0 Å². The van der Waals surface area contributed by atoms with Gasteiger partial charge in [0.2, 0.25) is 0 Å². The van der Waals surface area contributed by atoms with Gasteiger partial charge in [-0.1, -0.05) is 6.92 Å². The maximum absolute atomic E-state index is 10.5. The molecule has 0 bridgehead atoms. The molecule has 2 aromatic carbocycles. The molecule has 0 unspecified atom stereocenters. The van der Waals surface area contributed by atoms with E-state index < -0.39 is 0 Å². The van der Waals surface area contributed by atoms with Crippen LogP contribution in [0.3, 0.4) is 0 Å². The van der Waals surface area contributed by atoms with Crippen LogP contribution >= 0.6 is 12.2 Å². The fraction of sp³-hybridized carbons (Fsp3) is 0.227. The van der Waals surface area contributed by atoms with Gasteiger partial charge in [-0.15, -0.1) is 0 Å². The molecule has 5 nitrogen and oxygen atoms in total. The van der Waals surface area contributed by atoms with Crippen LogP contribution < -0.4 is 0 Å². The summed E-state index contributed by atoms with van der Waals surface area (Å²) in [5.74, 6) is 0.117. The molecular weight excluding hydrogens is 370 g/mol. The molecule has 0 fully saturated rings. The highest BCUT2D eigenvalue weighted by molar-refractivity contribution is 7.71. The smallest absolute Gasteiger partial charge is 0.182 e. The largest absolute Gasteiger partial charge is 0.508 e. The number of nitrogens with one attached hydrogen (secondary N) is 1. The van der Waals surface area contributed by atoms with Crippen LogP contribution in [0, 0.1) is 18.6 Å². The number of hydrogen-bond donors (Lipinski definition) is 3. The van der Waals surface area contributed by atoms with E-state index in [0.717, 1.165) is 16.9 Å². The Morgan fingerprint density at radius 2 is 1.82 bits per heavy atom. The zero-order valence-corrected chi connectivity index (χ0v) is 17.2. The van der Waals surface area contributed by atoms with Crippen LogP contribution in [0.5, 0.6) is 11.5 Å². The molecule has 0 atom stereocenters. The minimum absolute atomic E-state index is 0.0188. The van der Waals surface area contributed by atoms with Gasteiger partial charge in [0.15, 0.2) is 4.77 Å². The summed E-state index contributed by atoms with van der Waals surface area (Å²) in [5, 5.41) is 21.7. The summed E-state index contributed by atoms with van der Waals surface area (Å²) < 4.78 is 4.65. The molecule has 144 valence electrons. The van der Waals surface area contributed by atoms with E-state index in [9.17, 15) is 10.2 Å². The molecule has 4 aromatic rings. The molecule has 0 radical (unpaired) electrons. The molecule has 0 saturated carbocycles. The molecule has 0 saturated heterocycles. The molecule has 0 aliphatic heterocycles. The Hall–Kier alpha value is -2.99. The molecule has 2 heterocycles. The maximum Gasteiger partial charge on any atom is 0.182 e. The summed E-state index contributed by atoms with van der Waals surface area (Å²) in [6.45, 7) is 6.20. The van der Waals surface area contributed by atoms with Gasteiger partial charge in [-0.25, -0.2) is 0 Å². The Balaban J connectivity index is 1.97. The number of fused-ring (bicyclic) bond motifs is 1. The number of phenols is 2. The van der Waals surface area contributed by atoms with E-state index in [1.165, 1.54) is 28.2 Å². The summed E-state index contributed by atoms with van der Waals surface area (Å²) in [6, 6.07) is 9.46. The number of aromatic amines is 1. The van der Waals surface area contributed by atoms with E-state index >= 15 is 0 Å². The van der Waals surface area contributed by atoms with E-state index in [-0.39, 0.29) is 11.5 Å². The number of aromatic hydroxyl groups is 2. The summed E-state index contributed by atoms with van der Waals surface area (Å²) in [6.07, 6.45) is 2.46. The maximum atomic E-state index is 10.5. The third-order valence-electron chi connectivity index (χ3n) is 5.68. The lowest BCUT2D eigenvalue weighted by Crippen LogP contribution is -1.98. The van der Waals surface area contributed by atoms with Crippen LogP contribution in [0.1, 0.15) is 23.7 Å². The van der Waals surface area contributed by atoms with Crippen molar-refractivity contribution in [2.45, 2.75) is 27.2 Å². The molecule has 0 aliphatic carbocycles. The Labute approximate surface area is 168 Å². The van der Waals surface area contributed by atoms with Crippen molar-refractivity contribution in [2.75, 3.05) is 0 Å². The van der Waals surface area contributed by atoms with Gasteiger partial charge in [0, 0.05) is 47.2 Å². The van der Waals surface area contributed by atoms with Crippen LogP contribution in [0.15, 0.2) is 36.5 Å². The predicted octanol–water partition coefficient (Wildman–Crippen LogP) is 5.28. The van der Waals surface area contributed by atoms with Crippen molar-refractivity contribution in [2.24, 2.45) is 7.05 Å². The monoisotopic (exact) mass is 393 g/mol. The molecule has 6 heteroatoms. The highest BCUT2D eigenvalue weighted by Gasteiger charge is 2.17. The quantitative estimate of drug-likeness (QED) is 0.415. The molecular formula is C22H23N3O2S. The second-order valence-electron chi connectivity index (χ2n) is 7.14. The first-order valence-corrected chi connectivity index (χ1v) is 9.66. The number of benzene rings is 2. The second-order valence-corrected chi connectivity index (χ2v) is 7.52.